The van der Waals surface area contributed by atoms with E-state index in [0.717, 1.165) is 19.4 Å². The Balaban J connectivity index is 1.91. The molecule has 2 rings (SSSR count). The molecule has 0 bridgehead atoms. The van der Waals surface area contributed by atoms with Crippen molar-refractivity contribution in [3.05, 3.63) is 0 Å². The van der Waals surface area contributed by atoms with Crippen molar-refractivity contribution in [2.75, 3.05) is 19.8 Å². The quantitative estimate of drug-likeness (QED) is 0.557. The fourth-order valence-corrected chi connectivity index (χ4v) is 1.32. The highest BCUT2D eigenvalue weighted by molar-refractivity contribution is 4.98. The van der Waals surface area contributed by atoms with Crippen molar-refractivity contribution >= 4 is 0 Å². The number of rotatable bonds is 1. The zero-order valence-electron chi connectivity index (χ0n) is 6.01. The molecular formula is C7H13NO2. The van der Waals surface area contributed by atoms with Gasteiger partial charge < -0.3 is 15.2 Å². The summed E-state index contributed by atoms with van der Waals surface area (Å²) in [6.45, 7) is 2.05. The first-order valence-electron chi connectivity index (χ1n) is 3.80. The van der Waals surface area contributed by atoms with Crippen LogP contribution in [0.25, 0.3) is 0 Å². The maximum Gasteiger partial charge on any atom is 0.0939 e. The fourth-order valence-electron chi connectivity index (χ4n) is 1.32. The molecule has 3 heteroatoms. The van der Waals surface area contributed by atoms with Gasteiger partial charge in [0.1, 0.15) is 0 Å². The van der Waals surface area contributed by atoms with E-state index in [1.165, 1.54) is 0 Å². The summed E-state index contributed by atoms with van der Waals surface area (Å²) >= 11 is 0. The van der Waals surface area contributed by atoms with Crippen LogP contribution in [0.1, 0.15) is 12.8 Å². The first-order chi connectivity index (χ1) is 4.85. The Bertz CT molecular complexity index is 134. The van der Waals surface area contributed by atoms with E-state index >= 15 is 0 Å². The molecule has 1 aliphatic heterocycles. The zero-order chi connectivity index (χ0) is 7.03. The number of hydrogen-bond donors (Lipinski definition) is 1. The molecule has 3 nitrogen and oxygen atoms in total. The van der Waals surface area contributed by atoms with Gasteiger partial charge in [0.25, 0.3) is 0 Å². The third-order valence-electron chi connectivity index (χ3n) is 2.16. The minimum Gasteiger partial charge on any atom is -0.376 e. The van der Waals surface area contributed by atoms with E-state index in [4.69, 9.17) is 15.2 Å². The van der Waals surface area contributed by atoms with Crippen molar-refractivity contribution in [3.8, 4) is 0 Å². The second-order valence-corrected chi connectivity index (χ2v) is 3.17. The first-order valence-corrected chi connectivity index (χ1v) is 3.80. The molecule has 0 aromatic heterocycles. The highest BCUT2D eigenvalue weighted by Crippen LogP contribution is 2.42. The Morgan fingerprint density at radius 1 is 1.50 bits per heavy atom. The Kier molecular flexibility index (Phi) is 1.44. The van der Waals surface area contributed by atoms with Gasteiger partial charge in [-0.25, -0.2) is 0 Å². The van der Waals surface area contributed by atoms with Crippen LogP contribution in [-0.4, -0.2) is 31.5 Å². The maximum atomic E-state index is 5.68. The van der Waals surface area contributed by atoms with Crippen LogP contribution >= 0.6 is 0 Å². The zero-order valence-corrected chi connectivity index (χ0v) is 6.01. The van der Waals surface area contributed by atoms with E-state index in [1.54, 1.807) is 0 Å². The molecule has 1 spiro atoms. The van der Waals surface area contributed by atoms with Gasteiger partial charge in [0.2, 0.25) is 0 Å². The predicted molar refractivity (Wildman–Crippen MR) is 36.7 cm³/mol. The minimum absolute atomic E-state index is 0.0995. The van der Waals surface area contributed by atoms with Gasteiger partial charge in [-0.05, 0) is 12.8 Å². The molecule has 1 saturated heterocycles. The fraction of sp³-hybridized carbons (Fsp3) is 1.00. The molecule has 2 aliphatic rings. The van der Waals surface area contributed by atoms with Crippen LogP contribution in [0, 0.1) is 0 Å². The van der Waals surface area contributed by atoms with Crippen LogP contribution in [-0.2, 0) is 9.47 Å². The summed E-state index contributed by atoms with van der Waals surface area (Å²) in [6.07, 6.45) is 2.46. The van der Waals surface area contributed by atoms with Gasteiger partial charge in [0, 0.05) is 6.54 Å². The highest BCUT2D eigenvalue weighted by atomic mass is 16.6. The van der Waals surface area contributed by atoms with E-state index < -0.39 is 0 Å². The van der Waals surface area contributed by atoms with Gasteiger partial charge in [0.15, 0.2) is 0 Å². The monoisotopic (exact) mass is 143 g/mol. The predicted octanol–water partition coefficient (Wildman–Crippen LogP) is -0.107. The van der Waals surface area contributed by atoms with Crippen LogP contribution in [0.15, 0.2) is 0 Å². The van der Waals surface area contributed by atoms with Gasteiger partial charge >= 0.3 is 0 Å². The van der Waals surface area contributed by atoms with Gasteiger partial charge in [-0.3, -0.25) is 0 Å². The molecule has 2 fully saturated rings. The first kappa shape index (κ1) is 6.58. The summed E-state index contributed by atoms with van der Waals surface area (Å²) in [5, 5.41) is 0. The van der Waals surface area contributed by atoms with Crippen molar-refractivity contribution in [1.29, 1.82) is 0 Å². The van der Waals surface area contributed by atoms with Crippen molar-refractivity contribution in [2.45, 2.75) is 24.5 Å². The summed E-state index contributed by atoms with van der Waals surface area (Å²) < 4.78 is 11.0. The third-order valence-corrected chi connectivity index (χ3v) is 2.16. The van der Waals surface area contributed by atoms with E-state index in [-0.39, 0.29) is 11.7 Å². The van der Waals surface area contributed by atoms with Gasteiger partial charge in [-0.15, -0.1) is 0 Å². The molecule has 1 unspecified atom stereocenters. The Labute approximate surface area is 60.5 Å². The topological polar surface area (TPSA) is 44.5 Å². The van der Waals surface area contributed by atoms with Gasteiger partial charge in [-0.1, -0.05) is 0 Å². The molecule has 10 heavy (non-hydrogen) atoms. The molecule has 1 aliphatic carbocycles. The summed E-state index contributed by atoms with van der Waals surface area (Å²) in [4.78, 5) is 0. The summed E-state index contributed by atoms with van der Waals surface area (Å²) in [5.74, 6) is 0. The average Bonchev–Trinajstić information content (AvgIpc) is 2.70. The Hall–Kier alpha value is -0.120. The molecular weight excluding hydrogens is 130 g/mol. The lowest BCUT2D eigenvalue weighted by molar-refractivity contribution is -0.148. The Morgan fingerprint density at radius 3 is 2.90 bits per heavy atom. The summed E-state index contributed by atoms with van der Waals surface area (Å²) in [7, 11) is 0. The molecule has 1 atom stereocenters. The van der Waals surface area contributed by atoms with Crippen LogP contribution in [0.3, 0.4) is 0 Å². The van der Waals surface area contributed by atoms with Crippen molar-refractivity contribution in [1.82, 2.24) is 0 Å². The van der Waals surface area contributed by atoms with Crippen LogP contribution in [0.4, 0.5) is 0 Å². The molecule has 1 saturated carbocycles. The summed E-state index contributed by atoms with van der Waals surface area (Å²) in [6, 6.07) is 0. The third kappa shape index (κ3) is 1.05. The highest BCUT2D eigenvalue weighted by Gasteiger charge is 2.48. The smallest absolute Gasteiger partial charge is 0.0939 e. The van der Waals surface area contributed by atoms with Crippen molar-refractivity contribution in [3.63, 3.8) is 0 Å². The molecule has 58 valence electrons. The van der Waals surface area contributed by atoms with Crippen molar-refractivity contribution in [2.24, 2.45) is 5.73 Å². The normalized spacial score (nSPS) is 36.3. The van der Waals surface area contributed by atoms with E-state index in [0.29, 0.717) is 13.2 Å². The second-order valence-electron chi connectivity index (χ2n) is 3.17. The van der Waals surface area contributed by atoms with Gasteiger partial charge in [-0.2, -0.15) is 0 Å². The molecule has 2 N–H and O–H groups in total. The number of nitrogens with two attached hydrogens (primary N) is 1. The molecule has 1 heterocycles. The number of ether oxygens (including phenoxy) is 2. The lowest BCUT2D eigenvalue weighted by Crippen LogP contribution is -2.41. The Morgan fingerprint density at radius 2 is 2.30 bits per heavy atom. The molecule has 0 aromatic carbocycles. The summed E-state index contributed by atoms with van der Waals surface area (Å²) in [5.41, 5.74) is 5.55. The largest absolute Gasteiger partial charge is 0.376 e. The van der Waals surface area contributed by atoms with Crippen LogP contribution in [0.5, 0.6) is 0 Å². The minimum atomic E-state index is 0.0995. The van der Waals surface area contributed by atoms with E-state index in [1.807, 2.05) is 0 Å². The lowest BCUT2D eigenvalue weighted by atomic mass is 10.3. The average molecular weight is 143 g/mol. The molecule has 0 amide bonds. The standard InChI is InChI=1S/C7H13NO2/c8-3-6-4-9-5-7(10-6)1-2-7/h6H,1-5,8H2. The van der Waals surface area contributed by atoms with Gasteiger partial charge in [0.05, 0.1) is 24.9 Å². The molecule has 0 aromatic rings. The lowest BCUT2D eigenvalue weighted by Gasteiger charge is -2.29. The maximum absolute atomic E-state index is 5.68. The second kappa shape index (κ2) is 2.19. The van der Waals surface area contributed by atoms with Crippen molar-refractivity contribution < 1.29 is 9.47 Å². The van der Waals surface area contributed by atoms with Crippen LogP contribution < -0.4 is 5.73 Å². The molecule has 0 radical (unpaired) electrons. The van der Waals surface area contributed by atoms with E-state index in [2.05, 4.69) is 0 Å². The number of hydrogen-bond acceptors (Lipinski definition) is 3. The SMILES string of the molecule is NCC1COCC2(CC2)O1. The van der Waals surface area contributed by atoms with Crippen LogP contribution in [0.2, 0.25) is 0 Å². The van der Waals surface area contributed by atoms with E-state index in [9.17, 15) is 0 Å².